The second-order valence-electron chi connectivity index (χ2n) is 9.32. The molecule has 1 atom stereocenters. The molecule has 1 aliphatic heterocycles. The largest absolute Gasteiger partial charge is 0.449 e. The predicted octanol–water partition coefficient (Wildman–Crippen LogP) is 5.67. The van der Waals surface area contributed by atoms with Crippen LogP contribution in [-0.4, -0.2) is 35.5 Å². The minimum absolute atomic E-state index is 0.0234. The van der Waals surface area contributed by atoms with E-state index >= 15 is 0 Å². The third kappa shape index (κ3) is 4.48. The molecule has 9 heteroatoms. The number of carbonyl (C=O) groups is 4. The molecule has 4 aromatic rings. The molecule has 8 nitrogen and oxygen atoms in total. The first kappa shape index (κ1) is 25.3. The van der Waals surface area contributed by atoms with Gasteiger partial charge in [0.25, 0.3) is 11.8 Å². The third-order valence-corrected chi connectivity index (χ3v) is 7.20. The number of amides is 3. The van der Waals surface area contributed by atoms with Gasteiger partial charge < -0.3 is 14.9 Å². The van der Waals surface area contributed by atoms with Crippen LogP contribution >= 0.6 is 11.6 Å². The van der Waals surface area contributed by atoms with Crippen LogP contribution in [0.4, 0.5) is 4.79 Å². The van der Waals surface area contributed by atoms with Crippen molar-refractivity contribution in [2.45, 2.75) is 12.0 Å². The number of hydroxylamine groups is 2. The molecule has 3 amide bonds. The van der Waals surface area contributed by atoms with Gasteiger partial charge in [0.2, 0.25) is 0 Å². The van der Waals surface area contributed by atoms with Gasteiger partial charge in [-0.2, -0.15) is 0 Å². The van der Waals surface area contributed by atoms with Gasteiger partial charge in [-0.25, -0.2) is 9.59 Å². The molecular weight excluding hydrogens is 532 g/mol. The summed E-state index contributed by atoms with van der Waals surface area (Å²) in [5, 5.41) is 3.22. The summed E-state index contributed by atoms with van der Waals surface area (Å²) in [4.78, 5) is 57.0. The lowest BCUT2D eigenvalue weighted by Crippen LogP contribution is -2.40. The Labute approximate surface area is 234 Å². The fourth-order valence-electron chi connectivity index (χ4n) is 5.12. The number of fused-ring (bicyclic) bond motifs is 4. The lowest BCUT2D eigenvalue weighted by Gasteiger charge is -2.21. The van der Waals surface area contributed by atoms with Gasteiger partial charge in [0.15, 0.2) is 6.04 Å². The van der Waals surface area contributed by atoms with Crippen molar-refractivity contribution in [3.63, 3.8) is 0 Å². The van der Waals surface area contributed by atoms with Gasteiger partial charge in [0, 0.05) is 10.9 Å². The van der Waals surface area contributed by atoms with Crippen LogP contribution in [0.25, 0.3) is 11.1 Å². The lowest BCUT2D eigenvalue weighted by atomic mass is 9.98. The summed E-state index contributed by atoms with van der Waals surface area (Å²) in [5.41, 5.74) is 4.73. The summed E-state index contributed by atoms with van der Waals surface area (Å²) < 4.78 is 5.60. The van der Waals surface area contributed by atoms with E-state index in [0.717, 1.165) is 22.3 Å². The van der Waals surface area contributed by atoms with Crippen molar-refractivity contribution in [3.05, 3.63) is 130 Å². The van der Waals surface area contributed by atoms with E-state index in [0.29, 0.717) is 10.1 Å². The Hall–Kier alpha value is -4.95. The summed E-state index contributed by atoms with van der Waals surface area (Å²) in [6.07, 6.45) is -0.883. The Morgan fingerprint density at radius 1 is 0.775 bits per heavy atom. The molecule has 40 heavy (non-hydrogen) atoms. The Morgan fingerprint density at radius 2 is 1.32 bits per heavy atom. The molecule has 0 bridgehead atoms. The van der Waals surface area contributed by atoms with Gasteiger partial charge in [-0.1, -0.05) is 89.5 Å². The molecule has 0 fully saturated rings. The van der Waals surface area contributed by atoms with Crippen molar-refractivity contribution in [1.29, 1.82) is 0 Å². The number of hydrogen-bond donors (Lipinski definition) is 1. The number of carbonyl (C=O) groups excluding carboxylic acids is 4. The average molecular weight is 553 g/mol. The number of benzene rings is 4. The standard InChI is InChI=1S/C31H21ClN2O6/c32-19-9-7-8-18(16-19)27(30(37)40-34-28(35)24-14-5-6-15-25(24)29(34)36)33-31(38)39-17-26-22-12-3-1-10-20(22)21-11-2-4-13-23(21)26/h1-16,26-27H,17H2,(H,33,38). The van der Waals surface area contributed by atoms with Crippen molar-refractivity contribution in [2.75, 3.05) is 6.61 Å². The van der Waals surface area contributed by atoms with Crippen LogP contribution in [0.5, 0.6) is 0 Å². The van der Waals surface area contributed by atoms with E-state index in [1.165, 1.54) is 18.2 Å². The molecule has 0 saturated heterocycles. The molecule has 0 spiro atoms. The maximum Gasteiger partial charge on any atom is 0.408 e. The zero-order chi connectivity index (χ0) is 27.8. The van der Waals surface area contributed by atoms with Crippen molar-refractivity contribution in [1.82, 2.24) is 10.4 Å². The highest BCUT2D eigenvalue weighted by Crippen LogP contribution is 2.44. The zero-order valence-corrected chi connectivity index (χ0v) is 21.6. The van der Waals surface area contributed by atoms with Crippen LogP contribution in [0.3, 0.4) is 0 Å². The van der Waals surface area contributed by atoms with E-state index in [9.17, 15) is 19.2 Å². The quantitative estimate of drug-likeness (QED) is 0.309. The molecule has 198 valence electrons. The van der Waals surface area contributed by atoms with Crippen molar-refractivity contribution < 1.29 is 28.8 Å². The van der Waals surface area contributed by atoms with Gasteiger partial charge in [-0.05, 0) is 52.1 Å². The van der Waals surface area contributed by atoms with E-state index in [-0.39, 0.29) is 29.2 Å². The summed E-state index contributed by atoms with van der Waals surface area (Å²) in [5.74, 6) is -2.81. The van der Waals surface area contributed by atoms with E-state index in [1.54, 1.807) is 30.3 Å². The molecule has 1 aliphatic carbocycles. The minimum atomic E-state index is -1.42. The Kier molecular flexibility index (Phi) is 6.53. The van der Waals surface area contributed by atoms with E-state index in [1.807, 2.05) is 48.5 Å². The lowest BCUT2D eigenvalue weighted by molar-refractivity contribution is -0.171. The Morgan fingerprint density at radius 3 is 1.90 bits per heavy atom. The second-order valence-corrected chi connectivity index (χ2v) is 9.75. The number of ether oxygens (including phenoxy) is 1. The summed E-state index contributed by atoms with van der Waals surface area (Å²) in [6.45, 7) is 0.0234. The van der Waals surface area contributed by atoms with Crippen LogP contribution in [0.2, 0.25) is 5.02 Å². The molecule has 1 heterocycles. The number of alkyl carbamates (subject to hydrolysis) is 1. The topological polar surface area (TPSA) is 102 Å². The van der Waals surface area contributed by atoms with Crippen LogP contribution in [-0.2, 0) is 14.4 Å². The number of rotatable bonds is 6. The Balaban J connectivity index is 1.20. The monoisotopic (exact) mass is 552 g/mol. The number of hydrogen-bond acceptors (Lipinski definition) is 6. The number of halogens is 1. The molecule has 0 radical (unpaired) electrons. The summed E-state index contributed by atoms with van der Waals surface area (Å²) in [7, 11) is 0. The first-order chi connectivity index (χ1) is 19.4. The molecule has 0 aromatic heterocycles. The number of imide groups is 1. The second kappa shape index (κ2) is 10.3. The van der Waals surface area contributed by atoms with E-state index in [2.05, 4.69) is 5.32 Å². The molecule has 4 aromatic carbocycles. The number of nitrogens with one attached hydrogen (secondary N) is 1. The Bertz CT molecular complexity index is 1610. The molecule has 0 saturated carbocycles. The SMILES string of the molecule is O=C(NC(C(=O)ON1C(=O)c2ccccc2C1=O)c1cccc(Cl)c1)OCC1c2ccccc2-c2ccccc21. The minimum Gasteiger partial charge on any atom is -0.449 e. The highest BCUT2D eigenvalue weighted by atomic mass is 35.5. The van der Waals surface area contributed by atoms with Crippen molar-refractivity contribution in [3.8, 4) is 11.1 Å². The average Bonchev–Trinajstić information content (AvgIpc) is 3.42. The maximum atomic E-state index is 13.3. The highest BCUT2D eigenvalue weighted by molar-refractivity contribution is 6.30. The van der Waals surface area contributed by atoms with Gasteiger partial charge in [0.1, 0.15) is 6.61 Å². The van der Waals surface area contributed by atoms with Gasteiger partial charge >= 0.3 is 12.1 Å². The zero-order valence-electron chi connectivity index (χ0n) is 20.9. The van der Waals surface area contributed by atoms with Crippen LogP contribution in [0.1, 0.15) is 49.4 Å². The molecule has 6 rings (SSSR count). The first-order valence-electron chi connectivity index (χ1n) is 12.5. The van der Waals surface area contributed by atoms with Crippen molar-refractivity contribution >= 4 is 35.5 Å². The van der Waals surface area contributed by atoms with Gasteiger partial charge in [-0.3, -0.25) is 9.59 Å². The normalized spacial score (nSPS) is 14.3. The fraction of sp³-hybridized carbons (Fsp3) is 0.0968. The molecule has 1 N–H and O–H groups in total. The van der Waals surface area contributed by atoms with Gasteiger partial charge in [-0.15, -0.1) is 0 Å². The third-order valence-electron chi connectivity index (χ3n) is 6.96. The summed E-state index contributed by atoms with van der Waals surface area (Å²) in [6, 6.07) is 26.8. The fourth-order valence-corrected chi connectivity index (χ4v) is 5.31. The number of nitrogens with zero attached hydrogens (tertiary/aromatic N) is 1. The van der Waals surface area contributed by atoms with Crippen LogP contribution in [0, 0.1) is 0 Å². The molecule has 2 aliphatic rings. The highest BCUT2D eigenvalue weighted by Gasteiger charge is 2.40. The molecular formula is C31H21ClN2O6. The smallest absolute Gasteiger partial charge is 0.408 e. The first-order valence-corrected chi connectivity index (χ1v) is 12.9. The van der Waals surface area contributed by atoms with Crippen molar-refractivity contribution in [2.24, 2.45) is 0 Å². The predicted molar refractivity (Wildman–Crippen MR) is 145 cm³/mol. The van der Waals surface area contributed by atoms with Crippen LogP contribution < -0.4 is 5.32 Å². The maximum absolute atomic E-state index is 13.3. The van der Waals surface area contributed by atoms with Gasteiger partial charge in [0.05, 0.1) is 11.1 Å². The summed E-state index contributed by atoms with van der Waals surface area (Å²) >= 11 is 6.14. The van der Waals surface area contributed by atoms with E-state index in [4.69, 9.17) is 21.2 Å². The van der Waals surface area contributed by atoms with Crippen LogP contribution in [0.15, 0.2) is 97.1 Å². The molecule has 1 unspecified atom stereocenters. The van der Waals surface area contributed by atoms with E-state index < -0.39 is 29.9 Å².